The lowest BCUT2D eigenvalue weighted by Crippen LogP contribution is -2.50. The molecular weight excluding hydrogens is 424 g/mol. The Morgan fingerprint density at radius 3 is 2.31 bits per heavy atom. The Morgan fingerprint density at radius 1 is 0.938 bits per heavy atom. The average Bonchev–Trinajstić information content (AvgIpc) is 3.29. The predicted molar refractivity (Wildman–Crippen MR) is 127 cm³/mol. The molecule has 8 nitrogen and oxygen atoms in total. The zero-order valence-corrected chi connectivity index (χ0v) is 18.6. The van der Waals surface area contributed by atoms with E-state index in [9.17, 15) is 9.59 Å². The van der Waals surface area contributed by atoms with Crippen LogP contribution < -0.4 is 22.1 Å². The number of nitrogens with two attached hydrogens (primary N) is 2. The molecule has 3 rings (SSSR count). The fraction of sp³-hybridized carbons (Fsp3) is 0.304. The van der Waals surface area contributed by atoms with Gasteiger partial charge in [0.15, 0.2) is 0 Å². The molecule has 0 aliphatic carbocycles. The number of carbonyl (C=O) groups is 2. The van der Waals surface area contributed by atoms with Gasteiger partial charge in [-0.2, -0.15) is 0 Å². The highest BCUT2D eigenvalue weighted by atomic mass is 32.1. The third kappa shape index (κ3) is 6.94. The largest absolute Gasteiger partial charge is 0.343 e. The molecule has 168 valence electrons. The van der Waals surface area contributed by atoms with Crippen LogP contribution in [0.2, 0.25) is 0 Å². The summed E-state index contributed by atoms with van der Waals surface area (Å²) < 4.78 is 0. The molecule has 0 saturated heterocycles. The molecule has 0 bridgehead atoms. The Bertz CT molecular complexity index is 996. The van der Waals surface area contributed by atoms with E-state index in [0.717, 1.165) is 11.1 Å². The Morgan fingerprint density at radius 2 is 1.62 bits per heavy atom. The van der Waals surface area contributed by atoms with Crippen molar-refractivity contribution >= 4 is 28.3 Å². The number of amides is 2. The van der Waals surface area contributed by atoms with Gasteiger partial charge in [0.05, 0.1) is 6.04 Å². The maximum Gasteiger partial charge on any atom is 0.248 e. The molecule has 1 aromatic heterocycles. The summed E-state index contributed by atoms with van der Waals surface area (Å²) >= 11 is 1.28. The highest BCUT2D eigenvalue weighted by Crippen LogP contribution is 2.26. The standard InChI is InChI=1S/C23H28N6O2S/c24-15-7-12-18(25)20(30)26-19(14-13-16-8-3-1-4-9-16)21(31)27-23-29-28-22(32-23)17-10-5-2-6-11-17/h1-6,8-11,18-19H,7,12-15,24-25H2,(H,26,30)(H,27,29,31)/t18-,19+/m0/s1. The second-order valence-electron chi connectivity index (χ2n) is 7.39. The van der Waals surface area contributed by atoms with Gasteiger partial charge >= 0.3 is 0 Å². The number of anilines is 1. The number of aryl methyl sites for hydroxylation is 1. The minimum Gasteiger partial charge on any atom is -0.343 e. The van der Waals surface area contributed by atoms with Gasteiger partial charge in [0.1, 0.15) is 11.0 Å². The minimum atomic E-state index is -0.754. The van der Waals surface area contributed by atoms with Crippen LogP contribution in [0.5, 0.6) is 0 Å². The third-order valence-corrected chi connectivity index (χ3v) is 5.82. The van der Waals surface area contributed by atoms with Gasteiger partial charge in [-0.05, 0) is 37.8 Å². The van der Waals surface area contributed by atoms with Crippen molar-refractivity contribution in [3.63, 3.8) is 0 Å². The molecule has 2 amide bonds. The molecule has 3 aromatic rings. The zero-order chi connectivity index (χ0) is 22.8. The van der Waals surface area contributed by atoms with Gasteiger partial charge in [0.25, 0.3) is 0 Å². The summed E-state index contributed by atoms with van der Waals surface area (Å²) in [5.41, 5.74) is 13.5. The van der Waals surface area contributed by atoms with Gasteiger partial charge in [-0.3, -0.25) is 14.9 Å². The number of nitrogens with one attached hydrogen (secondary N) is 2. The van der Waals surface area contributed by atoms with E-state index in [0.29, 0.717) is 42.4 Å². The summed E-state index contributed by atoms with van der Waals surface area (Å²) in [6, 6.07) is 17.9. The van der Waals surface area contributed by atoms with Gasteiger partial charge in [0, 0.05) is 5.56 Å². The van der Waals surface area contributed by atoms with Crippen molar-refractivity contribution in [1.82, 2.24) is 15.5 Å². The lowest BCUT2D eigenvalue weighted by molar-refractivity contribution is -0.127. The van der Waals surface area contributed by atoms with Gasteiger partial charge in [-0.25, -0.2) is 0 Å². The molecule has 2 aromatic carbocycles. The Balaban J connectivity index is 1.67. The van der Waals surface area contributed by atoms with Crippen LogP contribution in [0.3, 0.4) is 0 Å². The summed E-state index contributed by atoms with van der Waals surface area (Å²) in [6.07, 6.45) is 2.16. The van der Waals surface area contributed by atoms with Crippen molar-refractivity contribution < 1.29 is 9.59 Å². The van der Waals surface area contributed by atoms with Gasteiger partial charge in [0.2, 0.25) is 16.9 Å². The fourth-order valence-electron chi connectivity index (χ4n) is 3.14. The van der Waals surface area contributed by atoms with Crippen molar-refractivity contribution in [3.8, 4) is 10.6 Å². The van der Waals surface area contributed by atoms with Crippen molar-refractivity contribution in [2.75, 3.05) is 11.9 Å². The smallest absolute Gasteiger partial charge is 0.248 e. The maximum absolute atomic E-state index is 13.0. The van der Waals surface area contributed by atoms with E-state index in [1.807, 2.05) is 60.7 Å². The third-order valence-electron chi connectivity index (χ3n) is 4.93. The molecule has 0 unspecified atom stereocenters. The number of nitrogens with zero attached hydrogens (tertiary/aromatic N) is 2. The van der Waals surface area contributed by atoms with Crippen molar-refractivity contribution in [2.45, 2.75) is 37.8 Å². The van der Waals surface area contributed by atoms with E-state index in [1.165, 1.54) is 11.3 Å². The molecular formula is C23H28N6O2S. The van der Waals surface area contributed by atoms with Crippen molar-refractivity contribution in [1.29, 1.82) is 0 Å². The average molecular weight is 453 g/mol. The zero-order valence-electron chi connectivity index (χ0n) is 17.7. The Labute approximate surface area is 191 Å². The van der Waals surface area contributed by atoms with E-state index < -0.39 is 12.1 Å². The Kier molecular flexibility index (Phi) is 8.85. The molecule has 9 heteroatoms. The molecule has 1 heterocycles. The van der Waals surface area contributed by atoms with Crippen LogP contribution in [-0.2, 0) is 16.0 Å². The normalized spacial score (nSPS) is 12.7. The molecule has 0 spiro atoms. The number of rotatable bonds is 11. The summed E-state index contributed by atoms with van der Waals surface area (Å²) in [6.45, 7) is 0.458. The van der Waals surface area contributed by atoms with E-state index in [1.54, 1.807) is 0 Å². The molecule has 6 N–H and O–H groups in total. The lowest BCUT2D eigenvalue weighted by atomic mass is 10.0. The van der Waals surface area contributed by atoms with E-state index >= 15 is 0 Å². The van der Waals surface area contributed by atoms with Crippen LogP contribution >= 0.6 is 11.3 Å². The Hall–Kier alpha value is -3.14. The summed E-state index contributed by atoms with van der Waals surface area (Å²) in [7, 11) is 0. The van der Waals surface area contributed by atoms with E-state index in [-0.39, 0.29) is 11.8 Å². The van der Waals surface area contributed by atoms with Gasteiger partial charge in [-0.15, -0.1) is 10.2 Å². The highest BCUT2D eigenvalue weighted by molar-refractivity contribution is 7.18. The first-order valence-corrected chi connectivity index (χ1v) is 11.4. The van der Waals surface area contributed by atoms with Crippen LogP contribution in [-0.4, -0.2) is 40.6 Å². The first-order chi connectivity index (χ1) is 15.6. The molecule has 0 radical (unpaired) electrons. The first kappa shape index (κ1) is 23.5. The summed E-state index contributed by atoms with van der Waals surface area (Å²) in [5, 5.41) is 14.9. The van der Waals surface area contributed by atoms with E-state index in [4.69, 9.17) is 11.5 Å². The second-order valence-corrected chi connectivity index (χ2v) is 8.37. The number of hydrogen-bond donors (Lipinski definition) is 4. The highest BCUT2D eigenvalue weighted by Gasteiger charge is 2.24. The number of aromatic nitrogens is 2. The predicted octanol–water partition coefficient (Wildman–Crippen LogP) is 2.33. The molecule has 2 atom stereocenters. The second kappa shape index (κ2) is 12.0. The van der Waals surface area contributed by atoms with Crippen LogP contribution in [0, 0.1) is 0 Å². The van der Waals surface area contributed by atoms with Gasteiger partial charge < -0.3 is 16.8 Å². The molecule has 0 aliphatic heterocycles. The first-order valence-electron chi connectivity index (χ1n) is 10.6. The van der Waals surface area contributed by atoms with Crippen molar-refractivity contribution in [2.24, 2.45) is 11.5 Å². The molecule has 0 saturated carbocycles. The monoisotopic (exact) mass is 452 g/mol. The molecule has 0 fully saturated rings. The van der Waals surface area contributed by atoms with Crippen molar-refractivity contribution in [3.05, 3.63) is 66.2 Å². The summed E-state index contributed by atoms with van der Waals surface area (Å²) in [5.74, 6) is -0.718. The number of carbonyl (C=O) groups excluding carboxylic acids is 2. The van der Waals surface area contributed by atoms with Crippen LogP contribution in [0.25, 0.3) is 10.6 Å². The lowest BCUT2D eigenvalue weighted by Gasteiger charge is -2.20. The van der Waals surface area contributed by atoms with Crippen LogP contribution in [0.15, 0.2) is 60.7 Å². The van der Waals surface area contributed by atoms with E-state index in [2.05, 4.69) is 20.8 Å². The SMILES string of the molecule is NCCC[C@H](N)C(=O)N[C@H](CCc1ccccc1)C(=O)Nc1nnc(-c2ccccc2)s1. The molecule has 32 heavy (non-hydrogen) atoms. The van der Waals surface area contributed by atoms with Crippen LogP contribution in [0.4, 0.5) is 5.13 Å². The maximum atomic E-state index is 13.0. The number of hydrogen-bond acceptors (Lipinski definition) is 7. The minimum absolute atomic E-state index is 0.351. The fourth-order valence-corrected chi connectivity index (χ4v) is 3.89. The van der Waals surface area contributed by atoms with Crippen LogP contribution in [0.1, 0.15) is 24.8 Å². The summed E-state index contributed by atoms with van der Waals surface area (Å²) in [4.78, 5) is 25.5. The topological polar surface area (TPSA) is 136 Å². The molecule has 0 aliphatic rings. The van der Waals surface area contributed by atoms with Gasteiger partial charge in [-0.1, -0.05) is 72.0 Å². The number of benzene rings is 2. The quantitative estimate of drug-likeness (QED) is 0.352.